The third kappa shape index (κ3) is 4.36. The van der Waals surface area contributed by atoms with Crippen molar-refractivity contribution < 1.29 is 9.53 Å². The number of nitrogens with zero attached hydrogens (tertiary/aromatic N) is 3. The fourth-order valence-electron chi connectivity index (χ4n) is 3.53. The summed E-state index contributed by atoms with van der Waals surface area (Å²) >= 11 is 0. The summed E-state index contributed by atoms with van der Waals surface area (Å²) in [7, 11) is 0. The number of carbonyl (C=O) groups excluding carboxylic acids is 1. The first-order valence-electron chi connectivity index (χ1n) is 9.95. The molecule has 1 aliphatic rings. The first-order chi connectivity index (χ1) is 13.9. The summed E-state index contributed by atoms with van der Waals surface area (Å²) in [6.45, 7) is 9.27. The maximum Gasteiger partial charge on any atom is 0.410 e. The molecular formula is C23H26N4O2. The van der Waals surface area contributed by atoms with E-state index in [1.807, 2.05) is 39.0 Å². The van der Waals surface area contributed by atoms with Gasteiger partial charge in [-0.3, -0.25) is 4.90 Å². The monoisotopic (exact) mass is 390 g/mol. The molecule has 6 heteroatoms. The van der Waals surface area contributed by atoms with E-state index in [1.54, 1.807) is 11.1 Å². The molecule has 4 rings (SSSR count). The van der Waals surface area contributed by atoms with Gasteiger partial charge in [0.25, 0.3) is 0 Å². The maximum atomic E-state index is 12.2. The molecule has 0 saturated carbocycles. The van der Waals surface area contributed by atoms with Crippen molar-refractivity contribution in [3.63, 3.8) is 0 Å². The number of aromatic nitrogens is 2. The number of hydrogen-bond acceptors (Lipinski definition) is 4. The minimum absolute atomic E-state index is 0.234. The van der Waals surface area contributed by atoms with E-state index in [0.29, 0.717) is 19.6 Å². The standard InChI is InChI=1S/C23H26N4O2/c1-23(2,3)29-22(28)27-15-13-26(14-16-27)12-6-7-17-10-11-24-21-20(17)18-8-4-5-9-19(18)25-21/h4-5,8-11H,12-16H2,1-3H3,(H,24,25). The van der Waals surface area contributed by atoms with Gasteiger partial charge in [0, 0.05) is 54.2 Å². The predicted molar refractivity (Wildman–Crippen MR) is 115 cm³/mol. The molecule has 6 nitrogen and oxygen atoms in total. The summed E-state index contributed by atoms with van der Waals surface area (Å²) in [5.74, 6) is 6.62. The summed E-state index contributed by atoms with van der Waals surface area (Å²) in [6.07, 6.45) is 1.56. The van der Waals surface area contributed by atoms with Gasteiger partial charge < -0.3 is 14.6 Å². The zero-order valence-corrected chi connectivity index (χ0v) is 17.2. The second-order valence-electron chi connectivity index (χ2n) is 8.30. The van der Waals surface area contributed by atoms with Crippen molar-refractivity contribution in [2.24, 2.45) is 0 Å². The van der Waals surface area contributed by atoms with Crippen LogP contribution in [-0.4, -0.2) is 64.2 Å². The first kappa shape index (κ1) is 19.3. The van der Waals surface area contributed by atoms with Crippen LogP contribution < -0.4 is 0 Å². The number of ether oxygens (including phenoxy) is 1. The van der Waals surface area contributed by atoms with Crippen molar-refractivity contribution in [2.75, 3.05) is 32.7 Å². The molecule has 29 heavy (non-hydrogen) atoms. The molecule has 0 spiro atoms. The lowest BCUT2D eigenvalue weighted by Gasteiger charge is -2.34. The molecule has 1 fully saturated rings. The largest absolute Gasteiger partial charge is 0.444 e. The Morgan fingerprint density at radius 1 is 1.17 bits per heavy atom. The number of piperazine rings is 1. The molecule has 2 aromatic heterocycles. The van der Waals surface area contributed by atoms with E-state index in [1.165, 1.54) is 0 Å². The Labute approximate surface area is 170 Å². The number of para-hydroxylation sites is 1. The highest BCUT2D eigenvalue weighted by molar-refractivity contribution is 6.08. The number of H-pyrrole nitrogens is 1. The molecule has 1 aliphatic heterocycles. The van der Waals surface area contributed by atoms with Gasteiger partial charge >= 0.3 is 6.09 Å². The van der Waals surface area contributed by atoms with Crippen LogP contribution in [0.4, 0.5) is 4.79 Å². The van der Waals surface area contributed by atoms with Gasteiger partial charge in [0.05, 0.1) is 6.54 Å². The number of benzene rings is 1. The van der Waals surface area contributed by atoms with E-state index in [2.05, 4.69) is 38.8 Å². The van der Waals surface area contributed by atoms with Gasteiger partial charge in [-0.1, -0.05) is 30.0 Å². The van der Waals surface area contributed by atoms with Crippen LogP contribution in [0.5, 0.6) is 0 Å². The number of fused-ring (bicyclic) bond motifs is 3. The van der Waals surface area contributed by atoms with E-state index in [-0.39, 0.29) is 6.09 Å². The van der Waals surface area contributed by atoms with Crippen molar-refractivity contribution >= 4 is 28.0 Å². The molecule has 0 aliphatic carbocycles. The molecule has 0 bridgehead atoms. The van der Waals surface area contributed by atoms with Gasteiger partial charge in [0.2, 0.25) is 0 Å². The summed E-state index contributed by atoms with van der Waals surface area (Å²) < 4.78 is 5.45. The SMILES string of the molecule is CC(C)(C)OC(=O)N1CCN(CC#Cc2ccnc3[nH]c4ccccc4c23)CC1. The van der Waals surface area contributed by atoms with Crippen LogP contribution in [0.3, 0.4) is 0 Å². The van der Waals surface area contributed by atoms with Crippen LogP contribution in [0, 0.1) is 11.8 Å². The van der Waals surface area contributed by atoms with Gasteiger partial charge in [0.15, 0.2) is 0 Å². The number of nitrogens with one attached hydrogen (secondary N) is 1. The summed E-state index contributed by atoms with van der Waals surface area (Å²) in [5.41, 5.74) is 2.46. The average Bonchev–Trinajstić information content (AvgIpc) is 3.06. The van der Waals surface area contributed by atoms with E-state index >= 15 is 0 Å². The zero-order chi connectivity index (χ0) is 20.4. The van der Waals surface area contributed by atoms with Gasteiger partial charge in [-0.25, -0.2) is 9.78 Å². The Morgan fingerprint density at radius 3 is 2.69 bits per heavy atom. The first-order valence-corrected chi connectivity index (χ1v) is 9.95. The molecular weight excluding hydrogens is 364 g/mol. The predicted octanol–water partition coefficient (Wildman–Crippen LogP) is 3.62. The van der Waals surface area contributed by atoms with Crippen LogP contribution in [0.25, 0.3) is 21.9 Å². The Bertz CT molecular complexity index is 1090. The van der Waals surface area contributed by atoms with Crippen molar-refractivity contribution in [3.05, 3.63) is 42.1 Å². The molecule has 0 radical (unpaired) electrons. The topological polar surface area (TPSA) is 61.5 Å². The van der Waals surface area contributed by atoms with Crippen LogP contribution >= 0.6 is 0 Å². The van der Waals surface area contributed by atoms with Crippen molar-refractivity contribution in [1.82, 2.24) is 19.8 Å². The van der Waals surface area contributed by atoms with Crippen LogP contribution in [-0.2, 0) is 4.74 Å². The van der Waals surface area contributed by atoms with Crippen LogP contribution in [0.2, 0.25) is 0 Å². The molecule has 0 unspecified atom stereocenters. The lowest BCUT2D eigenvalue weighted by molar-refractivity contribution is 0.0155. The second-order valence-corrected chi connectivity index (χ2v) is 8.30. The number of pyridine rings is 1. The Balaban J connectivity index is 1.41. The summed E-state index contributed by atoms with van der Waals surface area (Å²) in [5, 5.41) is 2.22. The molecule has 1 amide bonds. The molecule has 0 atom stereocenters. The quantitative estimate of drug-likeness (QED) is 0.645. The van der Waals surface area contributed by atoms with Crippen LogP contribution in [0.1, 0.15) is 26.3 Å². The number of carbonyl (C=O) groups is 1. The molecule has 1 saturated heterocycles. The van der Waals surface area contributed by atoms with Crippen molar-refractivity contribution in [1.29, 1.82) is 0 Å². The Kier molecular flexibility index (Phi) is 5.16. The maximum absolute atomic E-state index is 12.2. The fourth-order valence-corrected chi connectivity index (χ4v) is 3.53. The van der Waals surface area contributed by atoms with Gasteiger partial charge in [-0.05, 0) is 32.9 Å². The number of amides is 1. The Morgan fingerprint density at radius 2 is 1.93 bits per heavy atom. The average molecular weight is 390 g/mol. The number of rotatable bonds is 1. The van der Waals surface area contributed by atoms with Crippen molar-refractivity contribution in [2.45, 2.75) is 26.4 Å². The third-order valence-corrected chi connectivity index (χ3v) is 4.95. The summed E-state index contributed by atoms with van der Waals surface area (Å²) in [4.78, 5) is 24.0. The van der Waals surface area contributed by atoms with E-state index in [0.717, 1.165) is 40.6 Å². The van der Waals surface area contributed by atoms with E-state index < -0.39 is 5.60 Å². The highest BCUT2D eigenvalue weighted by atomic mass is 16.6. The van der Waals surface area contributed by atoms with Crippen LogP contribution in [0.15, 0.2) is 36.5 Å². The van der Waals surface area contributed by atoms with Gasteiger partial charge in [-0.15, -0.1) is 0 Å². The molecule has 3 heterocycles. The molecule has 3 aromatic rings. The molecule has 1 N–H and O–H groups in total. The summed E-state index contributed by atoms with van der Waals surface area (Å²) in [6, 6.07) is 10.2. The van der Waals surface area contributed by atoms with E-state index in [4.69, 9.17) is 4.74 Å². The zero-order valence-electron chi connectivity index (χ0n) is 17.2. The lowest BCUT2D eigenvalue weighted by atomic mass is 10.1. The minimum atomic E-state index is -0.460. The number of aromatic amines is 1. The molecule has 1 aromatic carbocycles. The third-order valence-electron chi connectivity index (χ3n) is 4.95. The lowest BCUT2D eigenvalue weighted by Crippen LogP contribution is -2.50. The second kappa shape index (κ2) is 7.76. The van der Waals surface area contributed by atoms with E-state index in [9.17, 15) is 4.79 Å². The highest BCUT2D eigenvalue weighted by Gasteiger charge is 2.25. The normalized spacial score (nSPS) is 15.3. The van der Waals surface area contributed by atoms with Gasteiger partial charge in [-0.2, -0.15) is 0 Å². The fraction of sp³-hybridized carbons (Fsp3) is 0.391. The smallest absolute Gasteiger partial charge is 0.410 e. The van der Waals surface area contributed by atoms with Crippen molar-refractivity contribution in [3.8, 4) is 11.8 Å². The minimum Gasteiger partial charge on any atom is -0.444 e. The molecule has 150 valence electrons. The van der Waals surface area contributed by atoms with Gasteiger partial charge in [0.1, 0.15) is 11.2 Å². The number of hydrogen-bond donors (Lipinski definition) is 1. The Hall–Kier alpha value is -3.04. The highest BCUT2D eigenvalue weighted by Crippen LogP contribution is 2.26.